The van der Waals surface area contributed by atoms with Crippen molar-refractivity contribution >= 4 is 17.2 Å². The van der Waals surface area contributed by atoms with Gasteiger partial charge in [-0.15, -0.1) is 11.3 Å². The number of benzene rings is 1. The van der Waals surface area contributed by atoms with Crippen molar-refractivity contribution in [1.82, 2.24) is 9.88 Å². The van der Waals surface area contributed by atoms with Gasteiger partial charge in [-0.1, -0.05) is 6.92 Å². The molecule has 0 bridgehead atoms. The second-order valence-electron chi connectivity index (χ2n) is 7.42. The number of likely N-dealkylation sites (tertiary alicyclic amines) is 1. The first kappa shape index (κ1) is 21.6. The van der Waals surface area contributed by atoms with Crippen LogP contribution in [-0.4, -0.2) is 47.7 Å². The van der Waals surface area contributed by atoms with Crippen molar-refractivity contribution in [3.05, 3.63) is 39.8 Å². The summed E-state index contributed by atoms with van der Waals surface area (Å²) >= 11 is 1.57. The summed E-state index contributed by atoms with van der Waals surface area (Å²) in [4.78, 5) is 19.7. The predicted octanol–water partition coefficient (Wildman–Crippen LogP) is 3.69. The van der Waals surface area contributed by atoms with Crippen LogP contribution in [0.5, 0.6) is 11.5 Å². The molecule has 0 aliphatic carbocycles. The summed E-state index contributed by atoms with van der Waals surface area (Å²) in [6.07, 6.45) is 3.21. The highest BCUT2D eigenvalue weighted by molar-refractivity contribution is 7.11. The number of aliphatic hydroxyl groups is 1. The van der Waals surface area contributed by atoms with E-state index in [1.807, 2.05) is 43.0 Å². The third-order valence-electron chi connectivity index (χ3n) is 5.42. The lowest BCUT2D eigenvalue weighted by atomic mass is 9.96. The van der Waals surface area contributed by atoms with E-state index < -0.39 is 5.60 Å². The topological polar surface area (TPSA) is 71.9 Å². The first-order valence-corrected chi connectivity index (χ1v) is 11.0. The van der Waals surface area contributed by atoms with Gasteiger partial charge in [0.1, 0.15) is 22.1 Å². The molecule has 1 fully saturated rings. The highest BCUT2D eigenvalue weighted by Gasteiger charge is 2.36. The zero-order valence-electron chi connectivity index (χ0n) is 17.4. The molecule has 7 heteroatoms. The normalized spacial score (nSPS) is 19.7. The molecule has 1 aromatic carbocycles. The maximum Gasteiger partial charge on any atom is 0.222 e. The third-order valence-corrected chi connectivity index (χ3v) is 6.83. The number of thiazole rings is 1. The summed E-state index contributed by atoms with van der Waals surface area (Å²) in [7, 11) is 1.64. The smallest absolute Gasteiger partial charge is 0.222 e. The summed E-state index contributed by atoms with van der Waals surface area (Å²) < 4.78 is 11.0. The summed E-state index contributed by atoms with van der Waals surface area (Å²) in [5.74, 6) is 1.76. The number of hydrogen-bond donors (Lipinski definition) is 1. The van der Waals surface area contributed by atoms with E-state index in [1.165, 1.54) is 0 Å². The van der Waals surface area contributed by atoms with Crippen molar-refractivity contribution in [2.24, 2.45) is 0 Å². The molecule has 1 atom stereocenters. The maximum absolute atomic E-state index is 12.0. The Morgan fingerprint density at radius 2 is 1.97 bits per heavy atom. The number of methoxy groups -OCH3 is 1. The SMILES string of the molecule is CCC(=O)N1CCC[C@](O)(c2nc(C)c(CCOc3ccc(OC)cc3)s2)CC1. The molecule has 0 saturated carbocycles. The molecule has 1 aliphatic rings. The molecule has 1 aromatic heterocycles. The number of ether oxygens (including phenoxy) is 2. The van der Waals surface area contributed by atoms with Gasteiger partial charge in [-0.05, 0) is 44.0 Å². The third kappa shape index (κ3) is 5.28. The Balaban J connectivity index is 1.60. The molecule has 0 radical (unpaired) electrons. The fourth-order valence-electron chi connectivity index (χ4n) is 3.60. The van der Waals surface area contributed by atoms with Crippen LogP contribution < -0.4 is 9.47 Å². The Bertz CT molecular complexity index is 821. The van der Waals surface area contributed by atoms with Gasteiger partial charge in [0, 0.05) is 37.2 Å². The van der Waals surface area contributed by atoms with Crippen LogP contribution in [0.15, 0.2) is 24.3 Å². The van der Waals surface area contributed by atoms with E-state index in [2.05, 4.69) is 4.98 Å². The number of amides is 1. The van der Waals surface area contributed by atoms with Gasteiger partial charge in [0.15, 0.2) is 0 Å². The van der Waals surface area contributed by atoms with E-state index in [0.29, 0.717) is 39.0 Å². The molecule has 1 N–H and O–H groups in total. The molecule has 29 heavy (non-hydrogen) atoms. The van der Waals surface area contributed by atoms with Crippen molar-refractivity contribution in [3.8, 4) is 11.5 Å². The molecule has 1 amide bonds. The van der Waals surface area contributed by atoms with Gasteiger partial charge >= 0.3 is 0 Å². The van der Waals surface area contributed by atoms with E-state index in [9.17, 15) is 9.90 Å². The monoisotopic (exact) mass is 418 g/mol. The molecule has 0 spiro atoms. The maximum atomic E-state index is 12.0. The van der Waals surface area contributed by atoms with Crippen molar-refractivity contribution in [2.45, 2.75) is 51.6 Å². The number of hydrogen-bond acceptors (Lipinski definition) is 6. The molecule has 2 heterocycles. The molecule has 1 saturated heterocycles. The molecule has 158 valence electrons. The van der Waals surface area contributed by atoms with Gasteiger partial charge in [-0.3, -0.25) is 4.79 Å². The number of carbonyl (C=O) groups excluding carboxylic acids is 1. The van der Waals surface area contributed by atoms with Crippen LogP contribution >= 0.6 is 11.3 Å². The molecule has 6 nitrogen and oxygen atoms in total. The van der Waals surface area contributed by atoms with Gasteiger partial charge in [0.25, 0.3) is 0 Å². The van der Waals surface area contributed by atoms with Crippen molar-refractivity contribution in [2.75, 3.05) is 26.8 Å². The zero-order valence-corrected chi connectivity index (χ0v) is 18.3. The van der Waals surface area contributed by atoms with E-state index in [0.717, 1.165) is 39.9 Å². The minimum absolute atomic E-state index is 0.154. The molecular formula is C22H30N2O4S. The summed E-state index contributed by atoms with van der Waals surface area (Å²) in [5.41, 5.74) is -0.00435. The summed E-state index contributed by atoms with van der Waals surface area (Å²) in [6.45, 7) is 5.70. The van der Waals surface area contributed by atoms with E-state index in [4.69, 9.17) is 9.47 Å². The van der Waals surface area contributed by atoms with Gasteiger partial charge in [-0.25, -0.2) is 4.98 Å². The van der Waals surface area contributed by atoms with Crippen LogP contribution in [0.1, 0.15) is 48.2 Å². The standard InChI is InChI=1S/C22H30N2O4S/c1-4-20(25)24-13-5-11-22(26,12-14-24)21-23-16(2)19(29-21)10-15-28-18-8-6-17(27-3)7-9-18/h6-9,26H,4-5,10-15H2,1-3H3/t22-/m1/s1. The second-order valence-corrected chi connectivity index (χ2v) is 8.50. The number of nitrogens with zero attached hydrogens (tertiary/aromatic N) is 2. The fraction of sp³-hybridized carbons (Fsp3) is 0.545. The predicted molar refractivity (Wildman–Crippen MR) is 114 cm³/mol. The Kier molecular flexibility index (Phi) is 7.14. The van der Waals surface area contributed by atoms with Crippen molar-refractivity contribution in [1.29, 1.82) is 0 Å². The number of rotatable bonds is 7. The van der Waals surface area contributed by atoms with Crippen LogP contribution in [0.2, 0.25) is 0 Å². The van der Waals surface area contributed by atoms with E-state index >= 15 is 0 Å². The largest absolute Gasteiger partial charge is 0.497 e. The lowest BCUT2D eigenvalue weighted by Crippen LogP contribution is -2.33. The van der Waals surface area contributed by atoms with Gasteiger partial charge < -0.3 is 19.5 Å². The average Bonchev–Trinajstić information content (AvgIpc) is 2.99. The lowest BCUT2D eigenvalue weighted by Gasteiger charge is -2.24. The highest BCUT2D eigenvalue weighted by atomic mass is 32.1. The molecule has 2 aromatic rings. The van der Waals surface area contributed by atoms with Crippen LogP contribution in [-0.2, 0) is 16.8 Å². The Morgan fingerprint density at radius 3 is 2.66 bits per heavy atom. The zero-order chi connectivity index (χ0) is 20.9. The van der Waals surface area contributed by atoms with Gasteiger partial charge in [0.2, 0.25) is 5.91 Å². The number of aryl methyl sites for hydroxylation is 1. The first-order valence-electron chi connectivity index (χ1n) is 10.2. The lowest BCUT2D eigenvalue weighted by molar-refractivity contribution is -0.131. The Hall–Kier alpha value is -2.12. The first-order chi connectivity index (χ1) is 13.9. The minimum Gasteiger partial charge on any atom is -0.497 e. The summed E-state index contributed by atoms with van der Waals surface area (Å²) in [5, 5.41) is 12.0. The Morgan fingerprint density at radius 1 is 1.24 bits per heavy atom. The van der Waals surface area contributed by atoms with Crippen LogP contribution in [0.25, 0.3) is 0 Å². The average molecular weight is 419 g/mol. The highest BCUT2D eigenvalue weighted by Crippen LogP contribution is 2.36. The Labute approximate surface area is 176 Å². The van der Waals surface area contributed by atoms with Crippen molar-refractivity contribution < 1.29 is 19.4 Å². The minimum atomic E-state index is -0.951. The molecular weight excluding hydrogens is 388 g/mol. The molecule has 3 rings (SSSR count). The van der Waals surface area contributed by atoms with E-state index in [1.54, 1.807) is 18.4 Å². The van der Waals surface area contributed by atoms with Crippen LogP contribution in [0.4, 0.5) is 0 Å². The van der Waals surface area contributed by atoms with E-state index in [-0.39, 0.29) is 5.91 Å². The quantitative estimate of drug-likeness (QED) is 0.742. The number of carbonyl (C=O) groups is 1. The second kappa shape index (κ2) is 9.59. The van der Waals surface area contributed by atoms with Gasteiger partial charge in [-0.2, -0.15) is 0 Å². The molecule has 0 unspecified atom stereocenters. The number of aromatic nitrogens is 1. The van der Waals surface area contributed by atoms with Gasteiger partial charge in [0.05, 0.1) is 19.4 Å². The molecule has 1 aliphatic heterocycles. The fourth-order valence-corrected chi connectivity index (χ4v) is 4.79. The summed E-state index contributed by atoms with van der Waals surface area (Å²) in [6, 6.07) is 7.53. The van der Waals surface area contributed by atoms with Crippen LogP contribution in [0, 0.1) is 6.92 Å². The van der Waals surface area contributed by atoms with Crippen LogP contribution in [0.3, 0.4) is 0 Å². The van der Waals surface area contributed by atoms with Crippen molar-refractivity contribution in [3.63, 3.8) is 0 Å².